The second-order valence-corrected chi connectivity index (χ2v) is 10.1. The number of hydrogen-bond acceptors (Lipinski definition) is 5. The third-order valence-electron chi connectivity index (χ3n) is 6.56. The number of aryl methyl sites for hydroxylation is 1. The Bertz CT molecular complexity index is 945. The Hall–Kier alpha value is -2.51. The van der Waals surface area contributed by atoms with Crippen molar-refractivity contribution in [3.8, 4) is 5.75 Å². The summed E-state index contributed by atoms with van der Waals surface area (Å²) in [6, 6.07) is 17.9. The summed E-state index contributed by atoms with van der Waals surface area (Å²) in [6.45, 7) is 2.07. The fourth-order valence-corrected chi connectivity index (χ4v) is 6.02. The average Bonchev–Trinajstić information content (AvgIpc) is 3.27. The average molecular weight is 468 g/mol. The second-order valence-electron chi connectivity index (χ2n) is 8.72. The van der Waals surface area contributed by atoms with Crippen molar-refractivity contribution in [2.45, 2.75) is 43.0 Å². The van der Waals surface area contributed by atoms with Crippen LogP contribution in [0.1, 0.15) is 30.4 Å². The zero-order chi connectivity index (χ0) is 23.1. The molecule has 33 heavy (non-hydrogen) atoms. The molecule has 2 N–H and O–H groups in total. The lowest BCUT2D eigenvalue weighted by Gasteiger charge is -2.39. The van der Waals surface area contributed by atoms with Crippen molar-refractivity contribution >= 4 is 23.6 Å². The fraction of sp³-hybridized carbons (Fsp3) is 0.462. The summed E-state index contributed by atoms with van der Waals surface area (Å²) in [7, 11) is 1.67. The third kappa shape index (κ3) is 6.09. The largest absolute Gasteiger partial charge is 0.496 e. The number of hydrogen-bond donors (Lipinski definition) is 2. The molecule has 0 radical (unpaired) electrons. The van der Waals surface area contributed by atoms with E-state index in [1.165, 1.54) is 5.56 Å². The van der Waals surface area contributed by atoms with Gasteiger partial charge in [-0.05, 0) is 42.9 Å². The lowest BCUT2D eigenvalue weighted by atomic mass is 10.0. The predicted molar refractivity (Wildman–Crippen MR) is 132 cm³/mol. The molecule has 1 unspecified atom stereocenters. The number of para-hydroxylation sites is 1. The molecule has 0 aliphatic carbocycles. The summed E-state index contributed by atoms with van der Waals surface area (Å²) < 4.78 is 5.38. The van der Waals surface area contributed by atoms with E-state index in [1.54, 1.807) is 7.11 Å². The monoisotopic (exact) mass is 467 g/mol. The number of piperidine rings is 1. The minimum absolute atomic E-state index is 0.0515. The van der Waals surface area contributed by atoms with Crippen molar-refractivity contribution in [2.75, 3.05) is 32.5 Å². The van der Waals surface area contributed by atoms with E-state index in [1.807, 2.05) is 59.1 Å². The molecule has 2 saturated heterocycles. The minimum atomic E-state index is -0.187. The predicted octanol–water partition coefficient (Wildman–Crippen LogP) is 3.01. The molecule has 1 spiro atoms. The lowest BCUT2D eigenvalue weighted by Crippen LogP contribution is -2.54. The molecule has 1 atom stereocenters. The lowest BCUT2D eigenvalue weighted by molar-refractivity contribution is -0.132. The van der Waals surface area contributed by atoms with Gasteiger partial charge in [0.05, 0.1) is 18.0 Å². The summed E-state index contributed by atoms with van der Waals surface area (Å²) >= 11 is 1.83. The number of likely N-dealkylation sites (tertiary alicyclic amines) is 1. The van der Waals surface area contributed by atoms with Crippen molar-refractivity contribution < 1.29 is 14.3 Å². The summed E-state index contributed by atoms with van der Waals surface area (Å²) in [4.78, 5) is 27.3. The molecular weight excluding hydrogens is 434 g/mol. The van der Waals surface area contributed by atoms with E-state index in [0.29, 0.717) is 13.0 Å². The van der Waals surface area contributed by atoms with Crippen LogP contribution in [0.5, 0.6) is 5.75 Å². The molecule has 2 aromatic carbocycles. The number of nitrogens with zero attached hydrogens (tertiary/aromatic N) is 1. The Morgan fingerprint density at radius 2 is 1.82 bits per heavy atom. The number of rotatable bonds is 8. The molecule has 2 fully saturated rings. The van der Waals surface area contributed by atoms with E-state index >= 15 is 0 Å². The van der Waals surface area contributed by atoms with Gasteiger partial charge in [0.15, 0.2) is 0 Å². The van der Waals surface area contributed by atoms with Gasteiger partial charge in [-0.1, -0.05) is 48.5 Å². The molecule has 2 heterocycles. The second kappa shape index (κ2) is 11.1. The number of benzene rings is 2. The zero-order valence-corrected chi connectivity index (χ0v) is 20.0. The molecular formula is C26H33N3O3S. The summed E-state index contributed by atoms with van der Waals surface area (Å²) in [5.74, 6) is 1.89. The number of methoxy groups -OCH3 is 1. The van der Waals surface area contributed by atoms with Gasteiger partial charge >= 0.3 is 0 Å². The molecule has 2 amide bonds. The zero-order valence-electron chi connectivity index (χ0n) is 19.2. The normalized spacial score (nSPS) is 19.4. The highest BCUT2D eigenvalue weighted by Gasteiger charge is 2.44. The maximum Gasteiger partial charge on any atom is 0.238 e. The maximum absolute atomic E-state index is 12.7. The first-order chi connectivity index (χ1) is 16.1. The van der Waals surface area contributed by atoms with E-state index in [0.717, 1.165) is 55.8 Å². The first-order valence-electron chi connectivity index (χ1n) is 11.7. The van der Waals surface area contributed by atoms with Crippen molar-refractivity contribution in [3.05, 3.63) is 65.7 Å². The van der Waals surface area contributed by atoms with Gasteiger partial charge in [0.25, 0.3) is 0 Å². The van der Waals surface area contributed by atoms with Crippen LogP contribution in [0.4, 0.5) is 0 Å². The van der Waals surface area contributed by atoms with Crippen LogP contribution < -0.4 is 15.4 Å². The highest BCUT2D eigenvalue weighted by Crippen LogP contribution is 2.39. The van der Waals surface area contributed by atoms with Gasteiger partial charge in [-0.2, -0.15) is 0 Å². The van der Waals surface area contributed by atoms with Gasteiger partial charge in [0, 0.05) is 31.8 Å². The number of amides is 2. The van der Waals surface area contributed by atoms with Gasteiger partial charge < -0.3 is 15.0 Å². The summed E-state index contributed by atoms with van der Waals surface area (Å²) in [5.41, 5.74) is 2.29. The van der Waals surface area contributed by atoms with Gasteiger partial charge in [-0.15, -0.1) is 11.8 Å². The summed E-state index contributed by atoms with van der Waals surface area (Å²) in [5, 5.41) is 6.65. The smallest absolute Gasteiger partial charge is 0.238 e. The number of thioether (sulfide) groups is 1. The fourth-order valence-electron chi connectivity index (χ4n) is 4.60. The van der Waals surface area contributed by atoms with Crippen LogP contribution in [0.15, 0.2) is 54.6 Å². The molecule has 0 aromatic heterocycles. The van der Waals surface area contributed by atoms with E-state index in [2.05, 4.69) is 22.8 Å². The van der Waals surface area contributed by atoms with Crippen molar-refractivity contribution in [1.29, 1.82) is 0 Å². The number of carbonyl (C=O) groups excluding carboxylic acids is 2. The van der Waals surface area contributed by atoms with Crippen molar-refractivity contribution in [1.82, 2.24) is 15.5 Å². The molecule has 2 aliphatic rings. The highest BCUT2D eigenvalue weighted by atomic mass is 32.2. The Morgan fingerprint density at radius 1 is 1.09 bits per heavy atom. The SMILES string of the molecule is COc1ccccc1CCNC(=O)C1CSC2(CCN(C(=O)CCc3ccccc3)CC2)N1. The Balaban J connectivity index is 1.19. The first kappa shape index (κ1) is 23.6. The molecule has 7 heteroatoms. The molecule has 0 saturated carbocycles. The maximum atomic E-state index is 12.7. The molecule has 4 rings (SSSR count). The van der Waals surface area contributed by atoms with E-state index in [-0.39, 0.29) is 22.7 Å². The van der Waals surface area contributed by atoms with Crippen LogP contribution in [-0.4, -0.2) is 60.1 Å². The van der Waals surface area contributed by atoms with Gasteiger partial charge in [0.1, 0.15) is 5.75 Å². The Labute approximate surface area is 200 Å². The topological polar surface area (TPSA) is 70.7 Å². The molecule has 2 aliphatic heterocycles. The third-order valence-corrected chi connectivity index (χ3v) is 8.14. The number of ether oxygens (including phenoxy) is 1. The van der Waals surface area contributed by atoms with Crippen molar-refractivity contribution in [3.63, 3.8) is 0 Å². The van der Waals surface area contributed by atoms with Crippen LogP contribution >= 0.6 is 11.8 Å². The van der Waals surface area contributed by atoms with E-state index in [4.69, 9.17) is 4.74 Å². The number of nitrogens with one attached hydrogen (secondary N) is 2. The van der Waals surface area contributed by atoms with Crippen LogP contribution in [0.2, 0.25) is 0 Å². The standard InChI is InChI=1S/C26H33N3O3S/c1-32-23-10-6-5-9-21(23)13-16-27-25(31)22-19-33-26(28-22)14-17-29(18-15-26)24(30)12-11-20-7-3-2-4-8-20/h2-10,22,28H,11-19H2,1H3,(H,27,31). The van der Waals surface area contributed by atoms with E-state index in [9.17, 15) is 9.59 Å². The quantitative estimate of drug-likeness (QED) is 0.625. The van der Waals surface area contributed by atoms with E-state index < -0.39 is 0 Å². The molecule has 2 aromatic rings. The van der Waals surface area contributed by atoms with Gasteiger partial charge in [0.2, 0.25) is 11.8 Å². The number of carbonyl (C=O) groups is 2. The minimum Gasteiger partial charge on any atom is -0.496 e. The Kier molecular flexibility index (Phi) is 7.93. The highest BCUT2D eigenvalue weighted by molar-refractivity contribution is 8.01. The van der Waals surface area contributed by atoms with Crippen LogP contribution in [0, 0.1) is 0 Å². The van der Waals surface area contributed by atoms with Gasteiger partial charge in [-0.25, -0.2) is 0 Å². The molecule has 6 nitrogen and oxygen atoms in total. The van der Waals surface area contributed by atoms with Crippen molar-refractivity contribution in [2.24, 2.45) is 0 Å². The molecule has 176 valence electrons. The molecule has 0 bridgehead atoms. The summed E-state index contributed by atoms with van der Waals surface area (Å²) in [6.07, 6.45) is 3.82. The van der Waals surface area contributed by atoms with Crippen LogP contribution in [0.3, 0.4) is 0 Å². The van der Waals surface area contributed by atoms with Crippen LogP contribution in [0.25, 0.3) is 0 Å². The van der Waals surface area contributed by atoms with Crippen LogP contribution in [-0.2, 0) is 22.4 Å². The Morgan fingerprint density at radius 3 is 2.58 bits per heavy atom. The van der Waals surface area contributed by atoms with Gasteiger partial charge in [-0.3, -0.25) is 14.9 Å². The first-order valence-corrected chi connectivity index (χ1v) is 12.7.